The second kappa shape index (κ2) is 7.85. The van der Waals surface area contributed by atoms with Crippen LogP contribution in [-0.4, -0.2) is 14.1 Å². The number of halogens is 3. The van der Waals surface area contributed by atoms with Gasteiger partial charge in [0.05, 0.1) is 10.6 Å². The van der Waals surface area contributed by atoms with Crippen LogP contribution >= 0.6 is 0 Å². The minimum absolute atomic E-state index is 0.0289. The number of rotatable bonds is 5. The van der Waals surface area contributed by atoms with Crippen LogP contribution in [0, 0.1) is 10.1 Å². The van der Waals surface area contributed by atoms with Crippen molar-refractivity contribution in [3.05, 3.63) is 96.8 Å². The molecule has 30 heavy (non-hydrogen) atoms. The average Bonchev–Trinajstić information content (AvgIpc) is 2.69. The maximum Gasteiger partial charge on any atom is 0.431 e. The first-order valence-electron chi connectivity index (χ1n) is 8.45. The van der Waals surface area contributed by atoms with E-state index in [1.165, 1.54) is 42.5 Å². The molecule has 0 amide bonds. The van der Waals surface area contributed by atoms with E-state index in [-0.39, 0.29) is 23.7 Å². The SMILES string of the molecule is Cn1c(C(F)(F)F)cc(=O)n(-c2ccccc2OCc2ccc([N+](=O)[O-])cc2)c1=O. The summed E-state index contributed by atoms with van der Waals surface area (Å²) in [5.74, 6) is 0.0785. The quantitative estimate of drug-likeness (QED) is 0.466. The number of ether oxygens (including phenoxy) is 1. The smallest absolute Gasteiger partial charge is 0.431 e. The summed E-state index contributed by atoms with van der Waals surface area (Å²) in [7, 11) is 0.918. The lowest BCUT2D eigenvalue weighted by Crippen LogP contribution is -2.40. The molecule has 2 aromatic carbocycles. The summed E-state index contributed by atoms with van der Waals surface area (Å²) in [6.45, 7) is -0.0509. The second-order valence-electron chi connectivity index (χ2n) is 6.22. The van der Waals surface area contributed by atoms with Gasteiger partial charge in [-0.1, -0.05) is 12.1 Å². The van der Waals surface area contributed by atoms with E-state index in [1.54, 1.807) is 6.07 Å². The third-order valence-electron chi connectivity index (χ3n) is 4.26. The minimum atomic E-state index is -4.86. The molecule has 0 saturated heterocycles. The molecule has 0 aliphatic rings. The molecule has 0 spiro atoms. The van der Waals surface area contributed by atoms with Gasteiger partial charge in [-0.3, -0.25) is 19.5 Å². The number of nitro benzene ring substituents is 1. The van der Waals surface area contributed by atoms with Crippen molar-refractivity contribution in [2.24, 2.45) is 7.05 Å². The zero-order chi connectivity index (χ0) is 22.1. The van der Waals surface area contributed by atoms with Gasteiger partial charge in [-0.05, 0) is 29.8 Å². The summed E-state index contributed by atoms with van der Waals surface area (Å²) in [5.41, 5.74) is -3.25. The van der Waals surface area contributed by atoms with Gasteiger partial charge in [0.15, 0.2) is 0 Å². The third-order valence-corrected chi connectivity index (χ3v) is 4.26. The van der Waals surface area contributed by atoms with Crippen LogP contribution < -0.4 is 16.0 Å². The molecule has 0 radical (unpaired) electrons. The Morgan fingerprint density at radius 2 is 1.70 bits per heavy atom. The number of hydrogen-bond acceptors (Lipinski definition) is 5. The predicted octanol–water partition coefficient (Wildman–Crippen LogP) is 3.04. The van der Waals surface area contributed by atoms with Crippen molar-refractivity contribution in [1.29, 1.82) is 0 Å². The van der Waals surface area contributed by atoms with Crippen molar-refractivity contribution >= 4 is 5.69 Å². The number of aromatic nitrogens is 2. The van der Waals surface area contributed by atoms with Crippen LogP contribution in [-0.2, 0) is 19.8 Å². The van der Waals surface area contributed by atoms with Gasteiger partial charge in [0.2, 0.25) is 0 Å². The zero-order valence-electron chi connectivity index (χ0n) is 15.4. The Hall–Kier alpha value is -3.89. The molecular formula is C19H14F3N3O5. The molecular weight excluding hydrogens is 407 g/mol. The highest BCUT2D eigenvalue weighted by atomic mass is 19.4. The van der Waals surface area contributed by atoms with Crippen molar-refractivity contribution in [2.75, 3.05) is 0 Å². The van der Waals surface area contributed by atoms with Crippen LogP contribution in [0.25, 0.3) is 5.69 Å². The minimum Gasteiger partial charge on any atom is -0.487 e. The summed E-state index contributed by atoms with van der Waals surface area (Å²) >= 11 is 0. The van der Waals surface area contributed by atoms with E-state index in [4.69, 9.17) is 4.74 Å². The number of nitrogens with zero attached hydrogens (tertiary/aromatic N) is 3. The van der Waals surface area contributed by atoms with Crippen LogP contribution in [0.3, 0.4) is 0 Å². The van der Waals surface area contributed by atoms with Crippen LogP contribution in [0.2, 0.25) is 0 Å². The molecule has 0 fully saturated rings. The fourth-order valence-electron chi connectivity index (χ4n) is 2.76. The fourth-order valence-corrected chi connectivity index (χ4v) is 2.76. The highest BCUT2D eigenvalue weighted by Crippen LogP contribution is 2.27. The molecule has 0 saturated carbocycles. The number of nitro groups is 1. The van der Waals surface area contributed by atoms with E-state index in [9.17, 15) is 32.9 Å². The molecule has 0 unspecified atom stereocenters. The molecule has 3 rings (SSSR count). The first kappa shape index (κ1) is 20.8. The van der Waals surface area contributed by atoms with Gasteiger partial charge < -0.3 is 4.74 Å². The van der Waals surface area contributed by atoms with Crippen LogP contribution in [0.4, 0.5) is 18.9 Å². The lowest BCUT2D eigenvalue weighted by atomic mass is 10.2. The van der Waals surface area contributed by atoms with E-state index in [0.717, 1.165) is 7.05 Å². The van der Waals surface area contributed by atoms with Gasteiger partial charge in [-0.15, -0.1) is 0 Å². The van der Waals surface area contributed by atoms with Gasteiger partial charge in [0, 0.05) is 25.2 Å². The lowest BCUT2D eigenvalue weighted by Gasteiger charge is -2.16. The largest absolute Gasteiger partial charge is 0.487 e. The summed E-state index contributed by atoms with van der Waals surface area (Å²) in [6.07, 6.45) is -4.86. The number of benzene rings is 2. The molecule has 0 atom stereocenters. The van der Waals surface area contributed by atoms with Gasteiger partial charge in [-0.25, -0.2) is 9.36 Å². The van der Waals surface area contributed by atoms with Crippen LogP contribution in [0.5, 0.6) is 5.75 Å². The molecule has 0 bridgehead atoms. The van der Waals surface area contributed by atoms with E-state index < -0.39 is 28.0 Å². The Labute approximate surface area is 166 Å². The Kier molecular flexibility index (Phi) is 5.45. The molecule has 0 aliphatic heterocycles. The van der Waals surface area contributed by atoms with Crippen molar-refractivity contribution in [2.45, 2.75) is 12.8 Å². The summed E-state index contributed by atoms with van der Waals surface area (Å²) in [6, 6.07) is 11.8. The number of para-hydroxylation sites is 2. The topological polar surface area (TPSA) is 96.4 Å². The van der Waals surface area contributed by atoms with Crippen molar-refractivity contribution in [3.8, 4) is 11.4 Å². The third kappa shape index (κ3) is 4.09. The summed E-state index contributed by atoms with van der Waals surface area (Å²) < 4.78 is 45.7. The lowest BCUT2D eigenvalue weighted by molar-refractivity contribution is -0.384. The molecule has 1 heterocycles. The van der Waals surface area contributed by atoms with Crippen molar-refractivity contribution in [3.63, 3.8) is 0 Å². The van der Waals surface area contributed by atoms with Gasteiger partial charge >= 0.3 is 11.9 Å². The Morgan fingerprint density at radius 1 is 1.07 bits per heavy atom. The maximum absolute atomic E-state index is 13.0. The Morgan fingerprint density at radius 3 is 2.30 bits per heavy atom. The van der Waals surface area contributed by atoms with Gasteiger partial charge in [-0.2, -0.15) is 13.2 Å². The summed E-state index contributed by atoms with van der Waals surface area (Å²) in [5, 5.41) is 10.7. The number of non-ortho nitro benzene ring substituents is 1. The average molecular weight is 421 g/mol. The zero-order valence-corrected chi connectivity index (χ0v) is 15.4. The molecule has 3 aromatic rings. The Bertz CT molecular complexity index is 1210. The molecule has 11 heteroatoms. The fraction of sp³-hybridized carbons (Fsp3) is 0.158. The monoisotopic (exact) mass is 421 g/mol. The number of alkyl halides is 3. The van der Waals surface area contributed by atoms with Crippen molar-refractivity contribution < 1.29 is 22.8 Å². The highest BCUT2D eigenvalue weighted by Gasteiger charge is 2.35. The van der Waals surface area contributed by atoms with Crippen LogP contribution in [0.15, 0.2) is 64.2 Å². The molecule has 8 nitrogen and oxygen atoms in total. The highest BCUT2D eigenvalue weighted by molar-refractivity contribution is 5.46. The first-order chi connectivity index (χ1) is 14.1. The van der Waals surface area contributed by atoms with Gasteiger partial charge in [0.1, 0.15) is 18.1 Å². The molecule has 0 aliphatic carbocycles. The maximum atomic E-state index is 13.0. The Balaban J connectivity index is 1.98. The molecule has 1 aromatic heterocycles. The van der Waals surface area contributed by atoms with Crippen molar-refractivity contribution in [1.82, 2.24) is 9.13 Å². The predicted molar refractivity (Wildman–Crippen MR) is 99.7 cm³/mol. The van der Waals surface area contributed by atoms with Gasteiger partial charge in [0.25, 0.3) is 11.2 Å². The first-order valence-corrected chi connectivity index (χ1v) is 8.45. The standard InChI is InChI=1S/C19H14F3N3O5/c1-23-16(19(20,21)22)10-17(26)24(18(23)27)14-4-2-3-5-15(14)30-11-12-6-8-13(9-7-12)25(28)29/h2-10H,11H2,1H3. The van der Waals surface area contributed by atoms with E-state index in [0.29, 0.717) is 20.8 Å². The van der Waals surface area contributed by atoms with Crippen LogP contribution in [0.1, 0.15) is 11.3 Å². The molecule has 156 valence electrons. The second-order valence-corrected chi connectivity index (χ2v) is 6.22. The number of hydrogen-bond donors (Lipinski definition) is 0. The van der Waals surface area contributed by atoms with E-state index >= 15 is 0 Å². The summed E-state index contributed by atoms with van der Waals surface area (Å²) in [4.78, 5) is 35.0. The van der Waals surface area contributed by atoms with E-state index in [1.807, 2.05) is 0 Å². The normalized spacial score (nSPS) is 11.3. The van der Waals surface area contributed by atoms with E-state index in [2.05, 4.69) is 0 Å². The molecule has 0 N–H and O–H groups in total.